The lowest BCUT2D eigenvalue weighted by Gasteiger charge is -2.34. The third-order valence-electron chi connectivity index (χ3n) is 3.90. The van der Waals surface area contributed by atoms with Gasteiger partial charge in [-0.15, -0.1) is 0 Å². The SMILES string of the molecule is CC(C)C1CNCC(CC2CCCC2)O1. The van der Waals surface area contributed by atoms with E-state index in [1.807, 2.05) is 0 Å². The topological polar surface area (TPSA) is 21.3 Å². The third-order valence-corrected chi connectivity index (χ3v) is 3.90. The lowest BCUT2D eigenvalue weighted by Crippen LogP contribution is -2.47. The molecular formula is C13H25NO. The Morgan fingerprint density at radius 2 is 1.93 bits per heavy atom. The largest absolute Gasteiger partial charge is 0.372 e. The molecule has 2 fully saturated rings. The number of nitrogens with one attached hydrogen (secondary N) is 1. The van der Waals surface area contributed by atoms with E-state index in [2.05, 4.69) is 19.2 Å². The van der Waals surface area contributed by atoms with Gasteiger partial charge in [0, 0.05) is 13.1 Å². The zero-order valence-electron chi connectivity index (χ0n) is 10.2. The van der Waals surface area contributed by atoms with Gasteiger partial charge in [-0.25, -0.2) is 0 Å². The van der Waals surface area contributed by atoms with Gasteiger partial charge in [0.25, 0.3) is 0 Å². The van der Waals surface area contributed by atoms with Crippen LogP contribution in [0.4, 0.5) is 0 Å². The van der Waals surface area contributed by atoms with Crippen molar-refractivity contribution in [3.8, 4) is 0 Å². The van der Waals surface area contributed by atoms with Crippen LogP contribution in [0, 0.1) is 11.8 Å². The van der Waals surface area contributed by atoms with Gasteiger partial charge in [0.05, 0.1) is 12.2 Å². The molecule has 88 valence electrons. The van der Waals surface area contributed by atoms with Crippen LogP contribution < -0.4 is 5.32 Å². The molecule has 0 aromatic carbocycles. The Morgan fingerprint density at radius 3 is 2.60 bits per heavy atom. The highest BCUT2D eigenvalue weighted by Crippen LogP contribution is 2.30. The molecule has 2 nitrogen and oxygen atoms in total. The molecule has 0 aromatic heterocycles. The zero-order chi connectivity index (χ0) is 10.7. The maximum atomic E-state index is 6.15. The maximum absolute atomic E-state index is 6.15. The summed E-state index contributed by atoms with van der Waals surface area (Å²) in [4.78, 5) is 0. The first-order valence-corrected chi connectivity index (χ1v) is 6.62. The second kappa shape index (κ2) is 5.31. The molecule has 0 bridgehead atoms. The molecule has 15 heavy (non-hydrogen) atoms. The van der Waals surface area contributed by atoms with Crippen molar-refractivity contribution in [1.82, 2.24) is 5.32 Å². The quantitative estimate of drug-likeness (QED) is 0.774. The first-order valence-electron chi connectivity index (χ1n) is 6.62. The summed E-state index contributed by atoms with van der Waals surface area (Å²) in [6.07, 6.45) is 7.96. The fraction of sp³-hybridized carbons (Fsp3) is 1.00. The van der Waals surface area contributed by atoms with Crippen molar-refractivity contribution in [2.24, 2.45) is 11.8 Å². The third kappa shape index (κ3) is 3.18. The van der Waals surface area contributed by atoms with Gasteiger partial charge in [-0.05, 0) is 18.3 Å². The molecule has 2 heteroatoms. The smallest absolute Gasteiger partial charge is 0.0726 e. The van der Waals surface area contributed by atoms with Gasteiger partial charge >= 0.3 is 0 Å². The average Bonchev–Trinajstić information content (AvgIpc) is 2.71. The molecule has 1 saturated heterocycles. The molecule has 2 atom stereocenters. The van der Waals surface area contributed by atoms with Crippen LogP contribution >= 0.6 is 0 Å². The minimum atomic E-state index is 0.435. The van der Waals surface area contributed by atoms with E-state index in [-0.39, 0.29) is 0 Å². The fourth-order valence-electron chi connectivity index (χ4n) is 2.88. The van der Waals surface area contributed by atoms with Crippen LogP contribution in [-0.2, 0) is 4.74 Å². The summed E-state index contributed by atoms with van der Waals surface area (Å²) < 4.78 is 6.15. The van der Waals surface area contributed by atoms with Crippen LogP contribution in [0.1, 0.15) is 46.0 Å². The van der Waals surface area contributed by atoms with Crippen LogP contribution in [0.5, 0.6) is 0 Å². The molecule has 1 aliphatic heterocycles. The molecular weight excluding hydrogens is 186 g/mol. The Labute approximate surface area is 93.8 Å². The Hall–Kier alpha value is -0.0800. The summed E-state index contributed by atoms with van der Waals surface area (Å²) in [5.74, 6) is 1.59. The van der Waals surface area contributed by atoms with Crippen molar-refractivity contribution in [2.45, 2.75) is 58.2 Å². The summed E-state index contributed by atoms with van der Waals surface area (Å²) in [7, 11) is 0. The number of hydrogen-bond acceptors (Lipinski definition) is 2. The fourth-order valence-corrected chi connectivity index (χ4v) is 2.88. The average molecular weight is 211 g/mol. The van der Waals surface area contributed by atoms with E-state index in [4.69, 9.17) is 4.74 Å². The van der Waals surface area contributed by atoms with Crippen LogP contribution in [-0.4, -0.2) is 25.3 Å². The summed E-state index contributed by atoms with van der Waals surface area (Å²) in [6, 6.07) is 0. The van der Waals surface area contributed by atoms with Crippen molar-refractivity contribution in [1.29, 1.82) is 0 Å². The molecule has 0 radical (unpaired) electrons. The Kier molecular flexibility index (Phi) is 4.04. The first kappa shape index (κ1) is 11.4. The number of ether oxygens (including phenoxy) is 1. The number of morpholine rings is 1. The number of hydrogen-bond donors (Lipinski definition) is 1. The lowest BCUT2D eigenvalue weighted by molar-refractivity contribution is -0.0670. The van der Waals surface area contributed by atoms with Gasteiger partial charge < -0.3 is 10.1 Å². The minimum absolute atomic E-state index is 0.435. The van der Waals surface area contributed by atoms with Crippen molar-refractivity contribution in [2.75, 3.05) is 13.1 Å². The molecule has 1 aliphatic carbocycles. The molecule has 0 spiro atoms. The van der Waals surface area contributed by atoms with Crippen molar-refractivity contribution in [3.05, 3.63) is 0 Å². The number of rotatable bonds is 3. The van der Waals surface area contributed by atoms with E-state index in [0.29, 0.717) is 18.1 Å². The van der Waals surface area contributed by atoms with Gasteiger partial charge in [-0.2, -0.15) is 0 Å². The van der Waals surface area contributed by atoms with E-state index in [1.54, 1.807) is 0 Å². The van der Waals surface area contributed by atoms with Crippen LogP contribution in [0.3, 0.4) is 0 Å². The highest BCUT2D eigenvalue weighted by molar-refractivity contribution is 4.80. The van der Waals surface area contributed by atoms with Crippen LogP contribution in [0.25, 0.3) is 0 Å². The second-order valence-electron chi connectivity index (χ2n) is 5.58. The van der Waals surface area contributed by atoms with E-state index in [0.717, 1.165) is 19.0 Å². The van der Waals surface area contributed by atoms with Crippen molar-refractivity contribution in [3.63, 3.8) is 0 Å². The molecule has 2 aliphatic rings. The van der Waals surface area contributed by atoms with Gasteiger partial charge in [0.2, 0.25) is 0 Å². The van der Waals surface area contributed by atoms with Crippen molar-refractivity contribution < 1.29 is 4.74 Å². The normalized spacial score (nSPS) is 33.8. The summed E-state index contributed by atoms with van der Waals surface area (Å²) >= 11 is 0. The first-order chi connectivity index (χ1) is 7.25. The molecule has 1 saturated carbocycles. The molecule has 0 amide bonds. The van der Waals surface area contributed by atoms with Gasteiger partial charge in [0.15, 0.2) is 0 Å². The zero-order valence-corrected chi connectivity index (χ0v) is 10.2. The summed E-state index contributed by atoms with van der Waals surface area (Å²) in [6.45, 7) is 6.62. The predicted octanol–water partition coefficient (Wildman–Crippen LogP) is 2.58. The summed E-state index contributed by atoms with van der Waals surface area (Å²) in [5.41, 5.74) is 0. The van der Waals surface area contributed by atoms with Crippen LogP contribution in [0.15, 0.2) is 0 Å². The highest BCUT2D eigenvalue weighted by Gasteiger charge is 2.27. The summed E-state index contributed by atoms with van der Waals surface area (Å²) in [5, 5.41) is 3.52. The van der Waals surface area contributed by atoms with Crippen LogP contribution in [0.2, 0.25) is 0 Å². The Balaban J connectivity index is 1.76. The highest BCUT2D eigenvalue weighted by atomic mass is 16.5. The predicted molar refractivity (Wildman–Crippen MR) is 62.9 cm³/mol. The monoisotopic (exact) mass is 211 g/mol. The second-order valence-corrected chi connectivity index (χ2v) is 5.58. The standard InChI is InChI=1S/C13H25NO/c1-10(2)13-9-14-8-12(15-13)7-11-5-3-4-6-11/h10-14H,3-9H2,1-2H3. The van der Waals surface area contributed by atoms with E-state index in [9.17, 15) is 0 Å². The maximum Gasteiger partial charge on any atom is 0.0726 e. The van der Waals surface area contributed by atoms with E-state index in [1.165, 1.54) is 32.1 Å². The molecule has 0 aromatic rings. The van der Waals surface area contributed by atoms with Gasteiger partial charge in [0.1, 0.15) is 0 Å². The Morgan fingerprint density at radius 1 is 1.20 bits per heavy atom. The van der Waals surface area contributed by atoms with E-state index < -0.39 is 0 Å². The Bertz CT molecular complexity index is 185. The van der Waals surface area contributed by atoms with Gasteiger partial charge in [-0.3, -0.25) is 0 Å². The minimum Gasteiger partial charge on any atom is -0.372 e. The molecule has 1 N–H and O–H groups in total. The van der Waals surface area contributed by atoms with E-state index >= 15 is 0 Å². The lowest BCUT2D eigenvalue weighted by atomic mass is 9.97. The molecule has 2 rings (SSSR count). The molecule has 2 unspecified atom stereocenters. The van der Waals surface area contributed by atoms with Crippen molar-refractivity contribution >= 4 is 0 Å². The van der Waals surface area contributed by atoms with Gasteiger partial charge in [-0.1, -0.05) is 39.5 Å². The molecule has 1 heterocycles.